The summed E-state index contributed by atoms with van der Waals surface area (Å²) >= 11 is 1.97. The molecule has 1 unspecified atom stereocenters. The Morgan fingerprint density at radius 1 is 1.47 bits per heavy atom. The van der Waals surface area contributed by atoms with E-state index in [0.717, 1.165) is 22.7 Å². The Bertz CT molecular complexity index is 519. The van der Waals surface area contributed by atoms with Crippen molar-refractivity contribution < 1.29 is 4.39 Å². The van der Waals surface area contributed by atoms with Crippen molar-refractivity contribution in [1.82, 2.24) is 9.97 Å². The molecule has 1 fully saturated rings. The molecule has 1 aliphatic rings. The highest BCUT2D eigenvalue weighted by atomic mass is 32.2. The van der Waals surface area contributed by atoms with E-state index in [1.54, 1.807) is 6.07 Å². The Hall–Kier alpha value is -1.23. The first-order valence-corrected chi connectivity index (χ1v) is 6.96. The van der Waals surface area contributed by atoms with Crippen molar-refractivity contribution in [1.29, 1.82) is 0 Å². The topological polar surface area (TPSA) is 40.7 Å². The first kappa shape index (κ1) is 10.9. The van der Waals surface area contributed by atoms with E-state index >= 15 is 0 Å². The second kappa shape index (κ2) is 4.56. The minimum Gasteiger partial charge on any atom is -0.352 e. The lowest BCUT2D eigenvalue weighted by molar-refractivity contribution is 0.629. The highest BCUT2D eigenvalue weighted by Gasteiger charge is 2.14. The van der Waals surface area contributed by atoms with Crippen LogP contribution in [0, 0.1) is 5.82 Å². The van der Waals surface area contributed by atoms with Crippen LogP contribution in [0.25, 0.3) is 11.0 Å². The van der Waals surface area contributed by atoms with Gasteiger partial charge in [0, 0.05) is 11.8 Å². The Morgan fingerprint density at radius 3 is 3.24 bits per heavy atom. The van der Waals surface area contributed by atoms with Crippen LogP contribution in [-0.4, -0.2) is 27.5 Å². The van der Waals surface area contributed by atoms with Gasteiger partial charge < -0.3 is 10.3 Å². The van der Waals surface area contributed by atoms with Gasteiger partial charge in [0.05, 0.1) is 11.0 Å². The highest BCUT2D eigenvalue weighted by molar-refractivity contribution is 7.99. The van der Waals surface area contributed by atoms with Crippen LogP contribution in [0.15, 0.2) is 18.2 Å². The van der Waals surface area contributed by atoms with E-state index < -0.39 is 0 Å². The molecule has 0 aliphatic carbocycles. The molecule has 0 amide bonds. The van der Waals surface area contributed by atoms with E-state index in [9.17, 15) is 4.39 Å². The van der Waals surface area contributed by atoms with Gasteiger partial charge >= 0.3 is 0 Å². The number of thioether (sulfide) groups is 1. The molecule has 0 bridgehead atoms. The Labute approximate surface area is 103 Å². The normalized spacial score (nSPS) is 20.6. The van der Waals surface area contributed by atoms with Crippen LogP contribution in [0.5, 0.6) is 0 Å². The van der Waals surface area contributed by atoms with Gasteiger partial charge in [-0.1, -0.05) is 0 Å². The lowest BCUT2D eigenvalue weighted by Gasteiger charge is -2.21. The molecule has 3 nitrogen and oxygen atoms in total. The van der Waals surface area contributed by atoms with Crippen molar-refractivity contribution in [3.05, 3.63) is 24.0 Å². The number of aromatic nitrogens is 2. The summed E-state index contributed by atoms with van der Waals surface area (Å²) in [7, 11) is 0. The average Bonchev–Trinajstić information content (AvgIpc) is 2.71. The number of aromatic amines is 1. The smallest absolute Gasteiger partial charge is 0.201 e. The fourth-order valence-corrected chi connectivity index (χ4v) is 3.17. The number of H-pyrrole nitrogens is 1. The molecule has 0 radical (unpaired) electrons. The maximum Gasteiger partial charge on any atom is 0.201 e. The standard InChI is InChI=1S/C12H14FN3S/c13-8-3-4-10-11(6-8)16-12(15-10)14-9-2-1-5-17-7-9/h3-4,6,9H,1-2,5,7H2,(H2,14,15,16). The van der Waals surface area contributed by atoms with Gasteiger partial charge in [-0.3, -0.25) is 0 Å². The fraction of sp³-hybridized carbons (Fsp3) is 0.417. The molecule has 0 saturated carbocycles. The third-order valence-corrected chi connectivity index (χ3v) is 4.16. The summed E-state index contributed by atoms with van der Waals surface area (Å²) in [5.41, 5.74) is 1.55. The first-order chi connectivity index (χ1) is 8.31. The highest BCUT2D eigenvalue weighted by Crippen LogP contribution is 2.21. The molecule has 1 saturated heterocycles. The van der Waals surface area contributed by atoms with Crippen molar-refractivity contribution in [2.24, 2.45) is 0 Å². The van der Waals surface area contributed by atoms with Crippen molar-refractivity contribution in [2.75, 3.05) is 16.8 Å². The lowest BCUT2D eigenvalue weighted by atomic mass is 10.2. The molecule has 2 N–H and O–H groups in total. The van der Waals surface area contributed by atoms with E-state index in [1.807, 2.05) is 11.8 Å². The monoisotopic (exact) mass is 251 g/mol. The second-order valence-corrected chi connectivity index (χ2v) is 5.46. The second-order valence-electron chi connectivity index (χ2n) is 4.31. The number of anilines is 1. The van der Waals surface area contributed by atoms with Gasteiger partial charge in [-0.05, 0) is 36.8 Å². The van der Waals surface area contributed by atoms with Crippen LogP contribution in [0.4, 0.5) is 10.3 Å². The Balaban J connectivity index is 1.80. The third-order valence-electron chi connectivity index (χ3n) is 2.95. The molecule has 1 aliphatic heterocycles. The number of fused-ring (bicyclic) bond motifs is 1. The van der Waals surface area contributed by atoms with Crippen LogP contribution >= 0.6 is 11.8 Å². The number of hydrogen-bond acceptors (Lipinski definition) is 3. The Morgan fingerprint density at radius 2 is 2.41 bits per heavy atom. The van der Waals surface area contributed by atoms with Crippen LogP contribution in [-0.2, 0) is 0 Å². The zero-order chi connectivity index (χ0) is 11.7. The molecule has 1 aromatic heterocycles. The minimum atomic E-state index is -0.235. The van der Waals surface area contributed by atoms with Gasteiger partial charge in [0.1, 0.15) is 5.82 Å². The molecule has 90 valence electrons. The number of imidazole rings is 1. The molecule has 0 spiro atoms. The van der Waals surface area contributed by atoms with Gasteiger partial charge in [-0.15, -0.1) is 0 Å². The number of hydrogen-bond donors (Lipinski definition) is 2. The molecular weight excluding hydrogens is 237 g/mol. The van der Waals surface area contributed by atoms with E-state index in [-0.39, 0.29) is 5.82 Å². The summed E-state index contributed by atoms with van der Waals surface area (Å²) < 4.78 is 13.0. The summed E-state index contributed by atoms with van der Waals surface area (Å²) in [5.74, 6) is 2.88. The maximum atomic E-state index is 13.0. The van der Waals surface area contributed by atoms with E-state index in [2.05, 4.69) is 15.3 Å². The minimum absolute atomic E-state index is 0.235. The largest absolute Gasteiger partial charge is 0.352 e. The van der Waals surface area contributed by atoms with E-state index in [4.69, 9.17) is 0 Å². The molecule has 3 rings (SSSR count). The van der Waals surface area contributed by atoms with E-state index in [0.29, 0.717) is 6.04 Å². The number of halogens is 1. The van der Waals surface area contributed by atoms with Crippen LogP contribution in [0.2, 0.25) is 0 Å². The number of rotatable bonds is 2. The summed E-state index contributed by atoms with van der Waals surface area (Å²) in [5, 5.41) is 3.38. The first-order valence-electron chi connectivity index (χ1n) is 5.81. The van der Waals surface area contributed by atoms with Gasteiger partial charge in [-0.25, -0.2) is 9.37 Å². The summed E-state index contributed by atoms with van der Waals surface area (Å²) in [6.07, 6.45) is 2.43. The van der Waals surface area contributed by atoms with Crippen LogP contribution in [0.3, 0.4) is 0 Å². The molecule has 5 heteroatoms. The van der Waals surface area contributed by atoms with Gasteiger partial charge in [0.25, 0.3) is 0 Å². The van der Waals surface area contributed by atoms with Gasteiger partial charge in [0.2, 0.25) is 5.95 Å². The summed E-state index contributed by atoms with van der Waals surface area (Å²) in [6.45, 7) is 0. The van der Waals surface area contributed by atoms with Crippen molar-refractivity contribution >= 4 is 28.7 Å². The summed E-state index contributed by atoms with van der Waals surface area (Å²) in [4.78, 5) is 7.52. The lowest BCUT2D eigenvalue weighted by Crippen LogP contribution is -2.26. The SMILES string of the molecule is Fc1ccc2nc(NC3CCCSC3)[nH]c2c1. The Kier molecular flexibility index (Phi) is 2.93. The van der Waals surface area contributed by atoms with Crippen molar-refractivity contribution in [3.63, 3.8) is 0 Å². The third kappa shape index (κ3) is 2.39. The number of nitrogens with one attached hydrogen (secondary N) is 2. The van der Waals surface area contributed by atoms with Crippen LogP contribution < -0.4 is 5.32 Å². The van der Waals surface area contributed by atoms with Crippen molar-refractivity contribution in [2.45, 2.75) is 18.9 Å². The van der Waals surface area contributed by atoms with Gasteiger partial charge in [0.15, 0.2) is 0 Å². The van der Waals surface area contributed by atoms with Crippen molar-refractivity contribution in [3.8, 4) is 0 Å². The average molecular weight is 251 g/mol. The number of benzene rings is 1. The van der Waals surface area contributed by atoms with E-state index in [1.165, 1.54) is 30.7 Å². The molecule has 1 aromatic carbocycles. The zero-order valence-electron chi connectivity index (χ0n) is 9.37. The molecular formula is C12H14FN3S. The molecule has 2 heterocycles. The summed E-state index contributed by atoms with van der Waals surface area (Å²) in [6, 6.07) is 5.08. The quantitative estimate of drug-likeness (QED) is 0.862. The predicted molar refractivity (Wildman–Crippen MR) is 70.0 cm³/mol. The predicted octanol–water partition coefficient (Wildman–Crippen LogP) is 3.01. The molecule has 17 heavy (non-hydrogen) atoms. The van der Waals surface area contributed by atoms with Gasteiger partial charge in [-0.2, -0.15) is 11.8 Å². The van der Waals surface area contributed by atoms with Crippen LogP contribution in [0.1, 0.15) is 12.8 Å². The fourth-order valence-electron chi connectivity index (χ4n) is 2.10. The number of nitrogens with zero attached hydrogens (tertiary/aromatic N) is 1. The zero-order valence-corrected chi connectivity index (χ0v) is 10.2. The maximum absolute atomic E-state index is 13.0. The molecule has 1 atom stereocenters. The molecule has 2 aromatic rings.